The summed E-state index contributed by atoms with van der Waals surface area (Å²) in [5.74, 6) is -0.850. The average Bonchev–Trinajstić information content (AvgIpc) is 3.23. The van der Waals surface area contributed by atoms with E-state index in [1.54, 1.807) is 0 Å². The van der Waals surface area contributed by atoms with E-state index < -0.39 is 134 Å². The summed E-state index contributed by atoms with van der Waals surface area (Å²) in [5, 5.41) is 118. The van der Waals surface area contributed by atoms with Gasteiger partial charge >= 0.3 is 5.97 Å². The van der Waals surface area contributed by atoms with Crippen molar-refractivity contribution in [3.8, 4) is 0 Å². The monoisotopic (exact) mass is 929 g/mol. The lowest BCUT2D eigenvalue weighted by molar-refractivity contribution is -0.389. The number of carbonyl (C=O) groups is 1. The molecular weight excluding hydrogens is 852 g/mol. The van der Waals surface area contributed by atoms with Gasteiger partial charge in [-0.1, -0.05) is 60.1 Å². The van der Waals surface area contributed by atoms with Crippen LogP contribution in [0.3, 0.4) is 0 Å². The number of carboxylic acids is 1. The summed E-state index contributed by atoms with van der Waals surface area (Å²) in [6.07, 6.45) is -15.7. The minimum atomic E-state index is -1.86. The van der Waals surface area contributed by atoms with Gasteiger partial charge in [0.2, 0.25) is 0 Å². The van der Waals surface area contributed by atoms with Crippen molar-refractivity contribution in [1.82, 2.24) is 0 Å². The SMILES string of the molecule is CC1(C)CC[C@]2(C(=O)O)[C@H](O)C[C@]3(C)C(=CC[C@@H]4[C@@]5(C)CC[C@H](O[C@@H]6OC[C@H](O)[C@H](O[C@@H]7O[C@H](CO)[C@@H](O)[C@H](O)[C@H]7O)[C@H]6O[C@@H]6O[C@H](CO)[C@@H](O)[C@H](O)[C@H]6O)C(C)(C)[C@H]5CC[C@]43C)[C@@H]2C1. The Morgan fingerprint density at radius 2 is 1.26 bits per heavy atom. The van der Waals surface area contributed by atoms with Crippen molar-refractivity contribution < 1.29 is 89.4 Å². The van der Waals surface area contributed by atoms with Gasteiger partial charge in [0, 0.05) is 0 Å². The molecule has 4 saturated carbocycles. The molecule has 372 valence electrons. The van der Waals surface area contributed by atoms with Crippen LogP contribution in [0, 0.1) is 50.2 Å². The third-order valence-electron chi connectivity index (χ3n) is 19.0. The van der Waals surface area contributed by atoms with E-state index in [9.17, 15) is 61.0 Å². The van der Waals surface area contributed by atoms with Gasteiger partial charge in [0.1, 0.15) is 72.6 Å². The van der Waals surface area contributed by atoms with Crippen LogP contribution in [-0.4, -0.2) is 180 Å². The maximum Gasteiger partial charge on any atom is 0.312 e. The van der Waals surface area contributed by atoms with Gasteiger partial charge in [-0.2, -0.15) is 0 Å². The third kappa shape index (κ3) is 7.71. The lowest BCUT2D eigenvalue weighted by atomic mass is 9.33. The number of ether oxygens (including phenoxy) is 6. The molecule has 0 amide bonds. The molecule has 8 aliphatic rings. The molecule has 0 aromatic rings. The fourth-order valence-electron chi connectivity index (χ4n) is 15.0. The minimum Gasteiger partial charge on any atom is -0.481 e. The van der Waals surface area contributed by atoms with Gasteiger partial charge in [-0.05, 0) is 103 Å². The van der Waals surface area contributed by atoms with Crippen molar-refractivity contribution >= 4 is 5.97 Å². The van der Waals surface area contributed by atoms with E-state index in [-0.39, 0.29) is 40.6 Å². The lowest BCUT2D eigenvalue weighted by Crippen LogP contribution is -2.68. The summed E-state index contributed by atoms with van der Waals surface area (Å²) in [6, 6.07) is 0. The molecule has 3 heterocycles. The third-order valence-corrected chi connectivity index (χ3v) is 19.0. The van der Waals surface area contributed by atoms with Crippen molar-refractivity contribution in [3.63, 3.8) is 0 Å². The highest BCUT2D eigenvalue weighted by Crippen LogP contribution is 2.76. The highest BCUT2D eigenvalue weighted by molar-refractivity contribution is 5.77. The van der Waals surface area contributed by atoms with Crippen LogP contribution in [0.2, 0.25) is 0 Å². The van der Waals surface area contributed by atoms with Crippen LogP contribution >= 0.6 is 0 Å². The van der Waals surface area contributed by atoms with Crippen LogP contribution in [0.1, 0.15) is 106 Å². The van der Waals surface area contributed by atoms with Crippen LogP contribution < -0.4 is 0 Å². The number of aliphatic hydroxyl groups excluding tert-OH is 10. The van der Waals surface area contributed by atoms with E-state index in [0.717, 1.165) is 32.1 Å². The number of aliphatic hydroxyl groups is 10. The molecular formula is C47H76O18. The Labute approximate surface area is 380 Å². The Kier molecular flexibility index (Phi) is 13.4. The number of hydrogen-bond donors (Lipinski definition) is 11. The quantitative estimate of drug-likeness (QED) is 0.110. The molecule has 0 aromatic heterocycles. The maximum atomic E-state index is 13.2. The molecule has 0 spiro atoms. The highest BCUT2D eigenvalue weighted by atomic mass is 16.8. The first-order valence-corrected chi connectivity index (χ1v) is 23.8. The highest BCUT2D eigenvalue weighted by Gasteiger charge is 2.71. The zero-order chi connectivity index (χ0) is 47.6. The normalized spacial score (nSPS) is 54.0. The first kappa shape index (κ1) is 50.0. The first-order valence-electron chi connectivity index (χ1n) is 23.8. The van der Waals surface area contributed by atoms with Crippen molar-refractivity contribution in [1.29, 1.82) is 0 Å². The topological polar surface area (TPSA) is 295 Å². The molecule has 0 radical (unpaired) electrons. The predicted octanol–water partition coefficient (Wildman–Crippen LogP) is 0.316. The van der Waals surface area contributed by atoms with Gasteiger partial charge in [0.05, 0.1) is 32.0 Å². The number of fused-ring (bicyclic) bond motifs is 7. The van der Waals surface area contributed by atoms with Gasteiger partial charge < -0.3 is 84.6 Å². The predicted molar refractivity (Wildman–Crippen MR) is 226 cm³/mol. The van der Waals surface area contributed by atoms with E-state index >= 15 is 0 Å². The fourth-order valence-corrected chi connectivity index (χ4v) is 15.0. The Bertz CT molecular complexity index is 1770. The van der Waals surface area contributed by atoms with Gasteiger partial charge in [-0.25, -0.2) is 0 Å². The van der Waals surface area contributed by atoms with E-state index in [1.165, 1.54) is 5.57 Å². The van der Waals surface area contributed by atoms with Crippen LogP contribution in [-0.2, 0) is 33.2 Å². The lowest BCUT2D eigenvalue weighted by Gasteiger charge is -2.71. The van der Waals surface area contributed by atoms with E-state index in [0.29, 0.717) is 25.7 Å². The van der Waals surface area contributed by atoms with Crippen LogP contribution in [0.4, 0.5) is 0 Å². The molecule has 18 nitrogen and oxygen atoms in total. The zero-order valence-electron chi connectivity index (χ0n) is 38.8. The Morgan fingerprint density at radius 3 is 1.83 bits per heavy atom. The number of carboxylic acid groups (broad SMARTS) is 1. The van der Waals surface area contributed by atoms with E-state index in [1.807, 2.05) is 0 Å². The van der Waals surface area contributed by atoms with Gasteiger partial charge in [-0.3, -0.25) is 4.79 Å². The maximum absolute atomic E-state index is 13.2. The van der Waals surface area contributed by atoms with Crippen molar-refractivity contribution in [2.24, 2.45) is 50.2 Å². The number of allylic oxidation sites excluding steroid dienone is 2. The zero-order valence-corrected chi connectivity index (χ0v) is 38.8. The molecule has 11 N–H and O–H groups in total. The molecule has 5 aliphatic carbocycles. The molecule has 8 rings (SSSR count). The molecule has 0 aromatic carbocycles. The Morgan fingerprint density at radius 1 is 0.677 bits per heavy atom. The minimum absolute atomic E-state index is 0.0582. The Hall–Kier alpha value is -1.43. The second-order valence-electron chi connectivity index (χ2n) is 23.1. The summed E-state index contributed by atoms with van der Waals surface area (Å²) >= 11 is 0. The van der Waals surface area contributed by atoms with Crippen LogP contribution in [0.15, 0.2) is 11.6 Å². The molecule has 23 atom stereocenters. The molecule has 65 heavy (non-hydrogen) atoms. The fraction of sp³-hybridized carbons (Fsp3) is 0.936. The van der Waals surface area contributed by atoms with Crippen molar-refractivity contribution in [2.45, 2.75) is 204 Å². The second kappa shape index (κ2) is 17.5. The van der Waals surface area contributed by atoms with Gasteiger partial charge in [0.15, 0.2) is 18.9 Å². The van der Waals surface area contributed by atoms with E-state index in [2.05, 4.69) is 54.5 Å². The van der Waals surface area contributed by atoms with Crippen molar-refractivity contribution in [2.75, 3.05) is 19.8 Å². The first-order chi connectivity index (χ1) is 30.3. The van der Waals surface area contributed by atoms with Gasteiger partial charge in [0.25, 0.3) is 0 Å². The van der Waals surface area contributed by atoms with E-state index in [4.69, 9.17) is 28.4 Å². The molecule has 3 aliphatic heterocycles. The Balaban J connectivity index is 1.08. The molecule has 3 saturated heterocycles. The van der Waals surface area contributed by atoms with Crippen LogP contribution in [0.25, 0.3) is 0 Å². The average molecular weight is 929 g/mol. The number of rotatable bonds is 9. The largest absolute Gasteiger partial charge is 0.481 e. The summed E-state index contributed by atoms with van der Waals surface area (Å²) in [7, 11) is 0. The standard InChI is InChI=1S/C47H76O18/c1-42(2)14-15-47(41(58)59)22(16-42)21-8-9-27-44(5)12-11-29(43(3,4)26(44)10-13-45(27,6)46(21,7)17-28(47)51)63-40-37(65-39-35(57)33(55)31(53)25(19-49)62-39)36(23(50)20-60-40)64-38-34(56)32(54)30(52)24(18-48)61-38/h8,22-40,48-57H,9-20H2,1-7H3,(H,58,59)/t22-,23-,24+,25+,26+,27+,28+,29-,30+,31+,32-,33-,34+,35+,36-,37+,38-,39-,40-,44-,45+,46+,47+/m0/s1. The molecule has 18 heteroatoms. The summed E-state index contributed by atoms with van der Waals surface area (Å²) in [6.45, 7) is 13.9. The van der Waals surface area contributed by atoms with Gasteiger partial charge in [-0.15, -0.1) is 0 Å². The summed E-state index contributed by atoms with van der Waals surface area (Å²) in [5.41, 5.74) is -1.46. The smallest absolute Gasteiger partial charge is 0.312 e. The van der Waals surface area contributed by atoms with Crippen molar-refractivity contribution in [3.05, 3.63) is 11.6 Å². The van der Waals surface area contributed by atoms with Crippen LogP contribution in [0.5, 0.6) is 0 Å². The number of aliphatic carboxylic acids is 1. The molecule has 0 unspecified atom stereocenters. The molecule has 7 fully saturated rings. The number of hydrogen-bond acceptors (Lipinski definition) is 17. The summed E-state index contributed by atoms with van der Waals surface area (Å²) < 4.78 is 36.8. The summed E-state index contributed by atoms with van der Waals surface area (Å²) in [4.78, 5) is 13.2. The second-order valence-corrected chi connectivity index (χ2v) is 23.1. The molecule has 0 bridgehead atoms.